The van der Waals surface area contributed by atoms with Gasteiger partial charge < -0.3 is 16.0 Å². The molecule has 0 saturated carbocycles. The van der Waals surface area contributed by atoms with Crippen LogP contribution in [0.25, 0.3) is 0 Å². The lowest BCUT2D eigenvalue weighted by Crippen LogP contribution is -2.32. The van der Waals surface area contributed by atoms with Gasteiger partial charge in [-0.2, -0.15) is 0 Å². The zero-order valence-electron chi connectivity index (χ0n) is 14.6. The van der Waals surface area contributed by atoms with Gasteiger partial charge in [-0.15, -0.1) is 11.3 Å². The lowest BCUT2D eigenvalue weighted by Gasteiger charge is -2.09. The third-order valence-electron chi connectivity index (χ3n) is 3.67. The fourth-order valence-corrected chi connectivity index (χ4v) is 2.96. The zero-order chi connectivity index (χ0) is 19.9. The van der Waals surface area contributed by atoms with Crippen molar-refractivity contribution in [1.82, 2.24) is 5.32 Å². The fourth-order valence-electron chi connectivity index (χ4n) is 2.34. The second kappa shape index (κ2) is 8.92. The Balaban J connectivity index is 1.53. The number of hydrogen-bond acceptors (Lipinski definition) is 4. The van der Waals surface area contributed by atoms with Crippen LogP contribution in [0.5, 0.6) is 0 Å². The number of hydrogen-bond donors (Lipinski definition) is 3. The number of rotatable bonds is 6. The van der Waals surface area contributed by atoms with E-state index in [2.05, 4.69) is 16.0 Å². The second-order valence-corrected chi connectivity index (χ2v) is 6.70. The number of nitrogens with one attached hydrogen (secondary N) is 3. The molecular weight excluding hydrogens is 381 g/mol. The summed E-state index contributed by atoms with van der Waals surface area (Å²) in [6.07, 6.45) is 0. The predicted molar refractivity (Wildman–Crippen MR) is 106 cm³/mol. The van der Waals surface area contributed by atoms with Gasteiger partial charge >= 0.3 is 0 Å². The van der Waals surface area contributed by atoms with Gasteiger partial charge in [0.15, 0.2) is 0 Å². The summed E-state index contributed by atoms with van der Waals surface area (Å²) in [5.74, 6) is -1.59. The molecule has 0 saturated heterocycles. The average Bonchev–Trinajstić information content (AvgIpc) is 3.22. The van der Waals surface area contributed by atoms with E-state index in [1.54, 1.807) is 36.4 Å². The maximum Gasteiger partial charge on any atom is 0.265 e. The molecule has 0 radical (unpaired) electrons. The molecule has 142 valence electrons. The quantitative estimate of drug-likeness (QED) is 0.595. The Hall–Kier alpha value is -3.52. The van der Waals surface area contributed by atoms with Gasteiger partial charge in [0.1, 0.15) is 5.82 Å². The normalized spacial score (nSPS) is 10.2. The Bertz CT molecular complexity index is 988. The van der Waals surface area contributed by atoms with Crippen molar-refractivity contribution in [3.8, 4) is 0 Å². The minimum Gasteiger partial charge on any atom is -0.343 e. The van der Waals surface area contributed by atoms with E-state index in [1.165, 1.54) is 35.6 Å². The van der Waals surface area contributed by atoms with Crippen LogP contribution in [0.15, 0.2) is 66.0 Å². The Labute approximate surface area is 164 Å². The first kappa shape index (κ1) is 19.2. The molecular formula is C20H16FN3O3S. The van der Waals surface area contributed by atoms with Crippen LogP contribution < -0.4 is 16.0 Å². The van der Waals surface area contributed by atoms with Crippen molar-refractivity contribution < 1.29 is 18.8 Å². The van der Waals surface area contributed by atoms with Gasteiger partial charge in [0.25, 0.3) is 11.8 Å². The molecule has 1 heterocycles. The molecule has 8 heteroatoms. The Morgan fingerprint density at radius 2 is 1.57 bits per heavy atom. The third kappa shape index (κ3) is 5.24. The molecule has 0 spiro atoms. The standard InChI is InChI=1S/C20H16FN3O3S/c21-14-8-6-13(7-9-14)19(26)22-12-18(25)23-15-3-1-4-16(11-15)24-20(27)17-5-2-10-28-17/h1-11H,12H2,(H,22,26)(H,23,25)(H,24,27). The number of amides is 3. The molecule has 3 rings (SSSR count). The van der Waals surface area contributed by atoms with Crippen molar-refractivity contribution in [2.24, 2.45) is 0 Å². The molecule has 0 unspecified atom stereocenters. The van der Waals surface area contributed by atoms with E-state index < -0.39 is 17.6 Å². The van der Waals surface area contributed by atoms with Crippen LogP contribution in [0.3, 0.4) is 0 Å². The minimum absolute atomic E-state index is 0.231. The van der Waals surface area contributed by atoms with Gasteiger partial charge in [-0.1, -0.05) is 12.1 Å². The van der Waals surface area contributed by atoms with Gasteiger partial charge in [-0.25, -0.2) is 4.39 Å². The Kier molecular flexibility index (Phi) is 6.13. The fraction of sp³-hybridized carbons (Fsp3) is 0.0500. The van der Waals surface area contributed by atoms with Crippen molar-refractivity contribution in [2.45, 2.75) is 0 Å². The summed E-state index contributed by atoms with van der Waals surface area (Å²) in [7, 11) is 0. The molecule has 0 atom stereocenters. The molecule has 3 amide bonds. The maximum absolute atomic E-state index is 12.9. The van der Waals surface area contributed by atoms with Crippen LogP contribution in [-0.2, 0) is 4.79 Å². The van der Waals surface area contributed by atoms with Gasteiger partial charge in [-0.3, -0.25) is 14.4 Å². The first-order valence-corrected chi connectivity index (χ1v) is 9.18. The summed E-state index contributed by atoms with van der Waals surface area (Å²) in [4.78, 5) is 36.7. The molecule has 0 aliphatic carbocycles. The SMILES string of the molecule is O=C(CNC(=O)c1ccc(F)cc1)Nc1cccc(NC(=O)c2cccs2)c1. The molecule has 0 aliphatic rings. The molecule has 0 fully saturated rings. The second-order valence-electron chi connectivity index (χ2n) is 5.75. The third-order valence-corrected chi connectivity index (χ3v) is 4.53. The lowest BCUT2D eigenvalue weighted by atomic mass is 10.2. The van der Waals surface area contributed by atoms with Gasteiger partial charge in [-0.05, 0) is 53.9 Å². The highest BCUT2D eigenvalue weighted by Gasteiger charge is 2.10. The summed E-state index contributed by atoms with van der Waals surface area (Å²) in [5.41, 5.74) is 1.27. The number of thiophene rings is 1. The Morgan fingerprint density at radius 3 is 2.25 bits per heavy atom. The van der Waals surface area contributed by atoms with Crippen LogP contribution in [0.1, 0.15) is 20.0 Å². The number of halogens is 1. The van der Waals surface area contributed by atoms with Crippen LogP contribution in [0.2, 0.25) is 0 Å². The molecule has 2 aromatic carbocycles. The summed E-state index contributed by atoms with van der Waals surface area (Å²) in [6, 6.07) is 15.2. The van der Waals surface area contributed by atoms with Crippen LogP contribution >= 0.6 is 11.3 Å². The van der Waals surface area contributed by atoms with E-state index >= 15 is 0 Å². The van der Waals surface area contributed by atoms with E-state index in [4.69, 9.17) is 0 Å². The highest BCUT2D eigenvalue weighted by Crippen LogP contribution is 2.17. The summed E-state index contributed by atoms with van der Waals surface area (Å²) in [6.45, 7) is -0.248. The van der Waals surface area contributed by atoms with Gasteiger partial charge in [0, 0.05) is 16.9 Å². The van der Waals surface area contributed by atoms with E-state index in [1.807, 2.05) is 5.38 Å². The first-order valence-electron chi connectivity index (χ1n) is 8.30. The summed E-state index contributed by atoms with van der Waals surface area (Å²) in [5, 5.41) is 9.67. The molecule has 0 bridgehead atoms. The highest BCUT2D eigenvalue weighted by molar-refractivity contribution is 7.12. The number of anilines is 2. The van der Waals surface area contributed by atoms with E-state index in [9.17, 15) is 18.8 Å². The van der Waals surface area contributed by atoms with E-state index in [-0.39, 0.29) is 18.0 Å². The van der Waals surface area contributed by atoms with Crippen LogP contribution in [0.4, 0.5) is 15.8 Å². The molecule has 1 aromatic heterocycles. The number of carbonyl (C=O) groups is 3. The zero-order valence-corrected chi connectivity index (χ0v) is 15.4. The van der Waals surface area contributed by atoms with Crippen molar-refractivity contribution >= 4 is 40.4 Å². The number of benzene rings is 2. The molecule has 3 N–H and O–H groups in total. The van der Waals surface area contributed by atoms with Crippen LogP contribution in [-0.4, -0.2) is 24.3 Å². The first-order chi connectivity index (χ1) is 13.5. The molecule has 0 aliphatic heterocycles. The smallest absolute Gasteiger partial charge is 0.265 e. The van der Waals surface area contributed by atoms with Crippen molar-refractivity contribution in [3.05, 3.63) is 82.3 Å². The van der Waals surface area contributed by atoms with Crippen molar-refractivity contribution in [3.63, 3.8) is 0 Å². The minimum atomic E-state index is -0.480. The predicted octanol–water partition coefficient (Wildman–Crippen LogP) is 3.51. The maximum atomic E-state index is 12.9. The number of carbonyl (C=O) groups excluding carboxylic acids is 3. The van der Waals surface area contributed by atoms with E-state index in [0.717, 1.165) is 0 Å². The Morgan fingerprint density at radius 1 is 0.857 bits per heavy atom. The largest absolute Gasteiger partial charge is 0.343 e. The topological polar surface area (TPSA) is 87.3 Å². The molecule has 6 nitrogen and oxygen atoms in total. The lowest BCUT2D eigenvalue weighted by molar-refractivity contribution is -0.115. The van der Waals surface area contributed by atoms with Crippen LogP contribution in [0, 0.1) is 5.82 Å². The van der Waals surface area contributed by atoms with E-state index in [0.29, 0.717) is 16.3 Å². The van der Waals surface area contributed by atoms with Gasteiger partial charge in [0.2, 0.25) is 5.91 Å². The molecule has 3 aromatic rings. The highest BCUT2D eigenvalue weighted by atomic mass is 32.1. The monoisotopic (exact) mass is 397 g/mol. The molecule has 28 heavy (non-hydrogen) atoms. The summed E-state index contributed by atoms with van der Waals surface area (Å²) < 4.78 is 12.9. The van der Waals surface area contributed by atoms with Crippen molar-refractivity contribution in [2.75, 3.05) is 17.2 Å². The average molecular weight is 397 g/mol. The van der Waals surface area contributed by atoms with Crippen molar-refractivity contribution in [1.29, 1.82) is 0 Å². The van der Waals surface area contributed by atoms with Gasteiger partial charge in [0.05, 0.1) is 11.4 Å². The summed E-state index contributed by atoms with van der Waals surface area (Å²) >= 11 is 1.33.